The summed E-state index contributed by atoms with van der Waals surface area (Å²) in [6.45, 7) is 5.62. The van der Waals surface area contributed by atoms with E-state index in [4.69, 9.17) is 4.74 Å². The van der Waals surface area contributed by atoms with Gasteiger partial charge in [0.05, 0.1) is 5.69 Å². The molecule has 3 heterocycles. The van der Waals surface area contributed by atoms with Crippen LogP contribution in [0.3, 0.4) is 0 Å². The smallest absolute Gasteiger partial charge is 0.148 e. The average Bonchev–Trinajstić information content (AvgIpc) is 3.13. The van der Waals surface area contributed by atoms with Gasteiger partial charge >= 0.3 is 0 Å². The summed E-state index contributed by atoms with van der Waals surface area (Å²) in [5, 5.41) is 12.4. The lowest BCUT2D eigenvalue weighted by molar-refractivity contribution is 0.0540. The van der Waals surface area contributed by atoms with Crippen LogP contribution in [0.15, 0.2) is 42.5 Å². The zero-order valence-electron chi connectivity index (χ0n) is 15.1. The second kappa shape index (κ2) is 6.97. The predicted molar refractivity (Wildman–Crippen MR) is 102 cm³/mol. The van der Waals surface area contributed by atoms with Crippen LogP contribution in [0.1, 0.15) is 12.8 Å². The fourth-order valence-corrected chi connectivity index (χ4v) is 4.61. The Bertz CT molecular complexity index is 717. The normalized spacial score (nSPS) is 28.7. The van der Waals surface area contributed by atoms with Crippen molar-refractivity contribution in [3.8, 4) is 11.3 Å². The van der Waals surface area contributed by atoms with Crippen molar-refractivity contribution >= 4 is 5.82 Å². The fraction of sp³-hybridized carbons (Fsp3) is 0.524. The highest BCUT2D eigenvalue weighted by Gasteiger charge is 2.55. The van der Waals surface area contributed by atoms with Crippen LogP contribution >= 0.6 is 0 Å². The molecule has 2 saturated heterocycles. The molecule has 2 unspecified atom stereocenters. The third-order valence-corrected chi connectivity index (χ3v) is 6.18. The molecule has 1 N–H and O–H groups in total. The van der Waals surface area contributed by atoms with Crippen molar-refractivity contribution in [1.29, 1.82) is 0 Å². The van der Waals surface area contributed by atoms with Gasteiger partial charge in [-0.1, -0.05) is 30.3 Å². The summed E-state index contributed by atoms with van der Waals surface area (Å²) in [6, 6.07) is 14.9. The van der Waals surface area contributed by atoms with Crippen LogP contribution in [0, 0.1) is 17.8 Å². The highest BCUT2D eigenvalue weighted by Crippen LogP contribution is 2.47. The molecule has 3 aliphatic rings. The highest BCUT2D eigenvalue weighted by molar-refractivity contribution is 5.59. The van der Waals surface area contributed by atoms with Crippen LogP contribution < -0.4 is 5.32 Å². The quantitative estimate of drug-likeness (QED) is 0.899. The fourth-order valence-electron chi connectivity index (χ4n) is 4.61. The molecule has 1 aliphatic carbocycles. The van der Waals surface area contributed by atoms with Crippen LogP contribution in [0.5, 0.6) is 0 Å². The van der Waals surface area contributed by atoms with Crippen molar-refractivity contribution < 1.29 is 4.74 Å². The topological polar surface area (TPSA) is 50.3 Å². The van der Waals surface area contributed by atoms with E-state index < -0.39 is 0 Å². The highest BCUT2D eigenvalue weighted by atomic mass is 16.5. The largest absolute Gasteiger partial charge is 0.381 e. The Balaban J connectivity index is 1.12. The van der Waals surface area contributed by atoms with Gasteiger partial charge in [-0.05, 0) is 42.7 Å². The zero-order valence-corrected chi connectivity index (χ0v) is 15.1. The standard InChI is InChI=1S/C21H26N4O/c1-2-4-16(5-3-1)19-6-7-20(24-23-19)22-21-17-13-25(14-18(17)21)12-15-8-10-26-11-9-15/h1-7,15,17-18,21H,8-14H2,(H,22,24). The summed E-state index contributed by atoms with van der Waals surface area (Å²) in [7, 11) is 0. The first kappa shape index (κ1) is 16.2. The SMILES string of the molecule is c1ccc(-c2ccc(NC3C4CN(CC5CCOCC5)CC43)nn2)cc1. The number of hydrogen-bond acceptors (Lipinski definition) is 5. The molecule has 5 rings (SSSR count). The maximum atomic E-state index is 5.47. The Labute approximate surface area is 154 Å². The molecule has 0 bridgehead atoms. The summed E-state index contributed by atoms with van der Waals surface area (Å²) in [6.07, 6.45) is 2.47. The van der Waals surface area contributed by atoms with Gasteiger partial charge in [0.15, 0.2) is 0 Å². The molecule has 1 aromatic carbocycles. The number of anilines is 1. The van der Waals surface area contributed by atoms with E-state index in [0.29, 0.717) is 6.04 Å². The van der Waals surface area contributed by atoms with E-state index in [1.165, 1.54) is 32.5 Å². The minimum atomic E-state index is 0.581. The van der Waals surface area contributed by atoms with E-state index in [-0.39, 0.29) is 0 Å². The van der Waals surface area contributed by atoms with Gasteiger partial charge in [0.1, 0.15) is 5.82 Å². The molecule has 0 spiro atoms. The van der Waals surface area contributed by atoms with Crippen molar-refractivity contribution in [2.24, 2.45) is 17.8 Å². The minimum Gasteiger partial charge on any atom is -0.381 e. The van der Waals surface area contributed by atoms with Gasteiger partial charge in [-0.15, -0.1) is 10.2 Å². The van der Waals surface area contributed by atoms with Gasteiger partial charge in [0.25, 0.3) is 0 Å². The summed E-state index contributed by atoms with van der Waals surface area (Å²) >= 11 is 0. The molecule has 0 radical (unpaired) electrons. The minimum absolute atomic E-state index is 0.581. The second-order valence-corrected chi connectivity index (χ2v) is 7.94. The van der Waals surface area contributed by atoms with Gasteiger partial charge in [-0.25, -0.2) is 0 Å². The summed E-state index contributed by atoms with van der Waals surface area (Å²) in [5.41, 5.74) is 2.04. The lowest BCUT2D eigenvalue weighted by Gasteiger charge is -2.28. The monoisotopic (exact) mass is 350 g/mol. The molecular formula is C21H26N4O. The molecule has 2 atom stereocenters. The lowest BCUT2D eigenvalue weighted by atomic mass is 10.00. The molecule has 26 heavy (non-hydrogen) atoms. The molecule has 1 saturated carbocycles. The average molecular weight is 350 g/mol. The van der Waals surface area contributed by atoms with Crippen molar-refractivity contribution in [2.45, 2.75) is 18.9 Å². The Morgan fingerprint density at radius 3 is 2.42 bits per heavy atom. The van der Waals surface area contributed by atoms with E-state index >= 15 is 0 Å². The first-order valence-corrected chi connectivity index (χ1v) is 9.82. The number of aromatic nitrogens is 2. The summed E-state index contributed by atoms with van der Waals surface area (Å²) in [5.74, 6) is 3.31. The van der Waals surface area contributed by atoms with E-state index in [1.807, 2.05) is 18.2 Å². The maximum Gasteiger partial charge on any atom is 0.148 e. The number of likely N-dealkylation sites (tertiary alicyclic amines) is 1. The number of nitrogens with zero attached hydrogens (tertiary/aromatic N) is 3. The molecule has 3 fully saturated rings. The van der Waals surface area contributed by atoms with Gasteiger partial charge in [-0.3, -0.25) is 0 Å². The molecule has 1 aromatic heterocycles. The second-order valence-electron chi connectivity index (χ2n) is 7.94. The van der Waals surface area contributed by atoms with Crippen LogP contribution in [0.2, 0.25) is 0 Å². The van der Waals surface area contributed by atoms with Gasteiger partial charge < -0.3 is 15.0 Å². The molecule has 5 heteroatoms. The van der Waals surface area contributed by atoms with Crippen LogP contribution in [-0.4, -0.2) is 54.0 Å². The van der Waals surface area contributed by atoms with Gasteiger partial charge in [-0.2, -0.15) is 0 Å². The Kier molecular flexibility index (Phi) is 4.35. The Morgan fingerprint density at radius 2 is 1.73 bits per heavy atom. The van der Waals surface area contributed by atoms with Crippen molar-refractivity contribution in [3.63, 3.8) is 0 Å². The number of nitrogens with one attached hydrogen (secondary N) is 1. The first-order valence-electron chi connectivity index (χ1n) is 9.82. The van der Waals surface area contributed by atoms with E-state index in [1.54, 1.807) is 0 Å². The van der Waals surface area contributed by atoms with E-state index in [2.05, 4.69) is 44.7 Å². The number of fused-ring (bicyclic) bond motifs is 1. The summed E-state index contributed by atoms with van der Waals surface area (Å²) in [4.78, 5) is 2.66. The van der Waals surface area contributed by atoms with Crippen LogP contribution in [0.4, 0.5) is 5.82 Å². The number of hydrogen-bond donors (Lipinski definition) is 1. The molecular weight excluding hydrogens is 324 g/mol. The third-order valence-electron chi connectivity index (χ3n) is 6.18. The van der Waals surface area contributed by atoms with E-state index in [9.17, 15) is 0 Å². The maximum absolute atomic E-state index is 5.47. The molecule has 0 amide bonds. The number of ether oxygens (including phenoxy) is 1. The van der Waals surface area contributed by atoms with Gasteiger partial charge in [0, 0.05) is 44.5 Å². The van der Waals surface area contributed by atoms with Crippen molar-refractivity contribution in [3.05, 3.63) is 42.5 Å². The van der Waals surface area contributed by atoms with E-state index in [0.717, 1.165) is 48.0 Å². The predicted octanol–water partition coefficient (Wildman–Crippen LogP) is 2.91. The Hall–Kier alpha value is -1.98. The number of piperidine rings is 1. The zero-order chi connectivity index (χ0) is 17.3. The lowest BCUT2D eigenvalue weighted by Crippen LogP contribution is -2.34. The first-order chi connectivity index (χ1) is 12.9. The third kappa shape index (κ3) is 3.33. The molecule has 2 aromatic rings. The molecule has 136 valence electrons. The van der Waals surface area contributed by atoms with Crippen LogP contribution in [-0.2, 0) is 4.74 Å². The Morgan fingerprint density at radius 1 is 0.962 bits per heavy atom. The number of rotatable bonds is 5. The van der Waals surface area contributed by atoms with Gasteiger partial charge in [0.2, 0.25) is 0 Å². The number of benzene rings is 1. The molecule has 2 aliphatic heterocycles. The van der Waals surface area contributed by atoms with Crippen LogP contribution in [0.25, 0.3) is 11.3 Å². The molecule has 5 nitrogen and oxygen atoms in total. The summed E-state index contributed by atoms with van der Waals surface area (Å²) < 4.78 is 5.47. The van der Waals surface area contributed by atoms with Crippen molar-refractivity contribution in [2.75, 3.05) is 38.2 Å². The van der Waals surface area contributed by atoms with Crippen molar-refractivity contribution in [1.82, 2.24) is 15.1 Å².